The zero-order valence-electron chi connectivity index (χ0n) is 14.7. The molecular formula is C20H17N3O4S. The molecular weight excluding hydrogens is 378 g/mol. The molecule has 0 fully saturated rings. The Morgan fingerprint density at radius 2 is 1.57 bits per heavy atom. The predicted octanol–water partition coefficient (Wildman–Crippen LogP) is 2.57. The summed E-state index contributed by atoms with van der Waals surface area (Å²) in [5, 5.41) is 11.5. The molecule has 0 spiro atoms. The van der Waals surface area contributed by atoms with Crippen LogP contribution in [0.3, 0.4) is 0 Å². The number of carbonyl (C=O) groups excluding carboxylic acids is 1. The van der Waals surface area contributed by atoms with Crippen LogP contribution in [0.25, 0.3) is 10.9 Å². The van der Waals surface area contributed by atoms with E-state index in [1.54, 1.807) is 61.1 Å². The van der Waals surface area contributed by atoms with Crippen LogP contribution in [-0.4, -0.2) is 34.3 Å². The molecule has 0 aliphatic carbocycles. The summed E-state index contributed by atoms with van der Waals surface area (Å²) in [6, 6.07) is 14.8. The fraction of sp³-hybridized carbons (Fsp3) is 0.0500. The zero-order chi connectivity index (χ0) is 20.1. The van der Waals surface area contributed by atoms with Crippen LogP contribution >= 0.6 is 0 Å². The number of aromatic nitrogens is 3. The van der Waals surface area contributed by atoms with Crippen LogP contribution in [0.2, 0.25) is 0 Å². The fourth-order valence-corrected chi connectivity index (χ4v) is 4.47. The number of benzene rings is 1. The highest BCUT2D eigenvalue weighted by atomic mass is 32.2. The van der Waals surface area contributed by atoms with Gasteiger partial charge in [0.1, 0.15) is 12.9 Å². The summed E-state index contributed by atoms with van der Waals surface area (Å²) in [6.07, 6.45) is 5.06. The largest absolute Gasteiger partial charge is 0.382 e. The van der Waals surface area contributed by atoms with Crippen LogP contribution in [0.1, 0.15) is 17.4 Å². The smallest absolute Gasteiger partial charge is 0.268 e. The lowest BCUT2D eigenvalue weighted by Crippen LogP contribution is -2.18. The van der Waals surface area contributed by atoms with Crippen molar-refractivity contribution in [2.45, 2.75) is 11.0 Å². The van der Waals surface area contributed by atoms with Gasteiger partial charge in [-0.2, -0.15) is 0 Å². The number of rotatable bonds is 4. The summed E-state index contributed by atoms with van der Waals surface area (Å²) in [6.45, 7) is 2.00. The van der Waals surface area contributed by atoms with Crippen LogP contribution in [0.5, 0.6) is 0 Å². The molecule has 8 heteroatoms. The van der Waals surface area contributed by atoms with Gasteiger partial charge in [0.25, 0.3) is 10.0 Å². The van der Waals surface area contributed by atoms with Gasteiger partial charge in [-0.15, -0.1) is 0 Å². The maximum Gasteiger partial charge on any atom is 0.268 e. The van der Waals surface area contributed by atoms with Crippen LogP contribution < -0.4 is 0 Å². The second-order valence-electron chi connectivity index (χ2n) is 5.77. The van der Waals surface area contributed by atoms with Gasteiger partial charge in [0.15, 0.2) is 0 Å². The molecule has 1 unspecified atom stereocenters. The third-order valence-electron chi connectivity index (χ3n) is 4.17. The van der Waals surface area contributed by atoms with Crippen LogP contribution in [0, 0.1) is 0 Å². The number of aliphatic hydroxyl groups excluding tert-OH is 1. The SMILES string of the molecule is C=O.O=S(=O)(c1ccccc1)n1c(C(O)c2ccncc2)cc2ccncc21. The molecule has 0 saturated heterocycles. The molecule has 4 rings (SSSR count). The van der Waals surface area contributed by atoms with Gasteiger partial charge in [-0.25, -0.2) is 12.4 Å². The Hall–Kier alpha value is -3.36. The standard InChI is InChI=1S/C19H15N3O3S.CH2O/c23-19(14-6-9-20-10-7-14)17-12-15-8-11-21-13-18(15)22(17)26(24,25)16-4-2-1-3-5-16;1-2/h1-13,19,23H;1H2. The molecule has 1 aromatic carbocycles. The van der Waals surface area contributed by atoms with Crippen LogP contribution in [0.4, 0.5) is 0 Å². The summed E-state index contributed by atoms with van der Waals surface area (Å²) in [4.78, 5) is 16.1. The summed E-state index contributed by atoms with van der Waals surface area (Å²) in [5.41, 5.74) is 1.22. The predicted molar refractivity (Wildman–Crippen MR) is 104 cm³/mol. The average Bonchev–Trinajstić information content (AvgIpc) is 3.16. The molecule has 28 heavy (non-hydrogen) atoms. The number of hydrogen-bond donors (Lipinski definition) is 1. The Morgan fingerprint density at radius 3 is 2.25 bits per heavy atom. The van der Waals surface area contributed by atoms with Crippen molar-refractivity contribution in [3.8, 4) is 0 Å². The Morgan fingerprint density at radius 1 is 0.929 bits per heavy atom. The number of aliphatic hydroxyl groups is 1. The molecule has 0 aliphatic rings. The van der Waals surface area contributed by atoms with Crippen molar-refractivity contribution in [2.24, 2.45) is 0 Å². The normalized spacial score (nSPS) is 12.2. The first-order valence-electron chi connectivity index (χ1n) is 8.22. The van der Waals surface area contributed by atoms with Crippen molar-refractivity contribution < 1.29 is 18.3 Å². The maximum atomic E-state index is 13.3. The third kappa shape index (κ3) is 3.42. The van der Waals surface area contributed by atoms with E-state index in [2.05, 4.69) is 9.97 Å². The van der Waals surface area contributed by atoms with E-state index in [1.165, 1.54) is 18.3 Å². The molecule has 0 saturated carbocycles. The lowest BCUT2D eigenvalue weighted by molar-refractivity contribution is -0.0980. The molecule has 3 heterocycles. The van der Waals surface area contributed by atoms with Crippen molar-refractivity contribution in [3.63, 3.8) is 0 Å². The zero-order valence-corrected chi connectivity index (χ0v) is 15.5. The maximum absolute atomic E-state index is 13.3. The minimum Gasteiger partial charge on any atom is -0.382 e. The minimum atomic E-state index is -3.90. The van der Waals surface area contributed by atoms with Gasteiger partial charge >= 0.3 is 0 Å². The first-order chi connectivity index (χ1) is 13.6. The van der Waals surface area contributed by atoms with E-state index in [1.807, 2.05) is 6.79 Å². The van der Waals surface area contributed by atoms with Gasteiger partial charge in [-0.05, 0) is 42.0 Å². The molecule has 0 aliphatic heterocycles. The van der Waals surface area contributed by atoms with Crippen LogP contribution in [-0.2, 0) is 14.8 Å². The Kier molecular flexibility index (Phi) is 5.62. The quantitative estimate of drug-likeness (QED) is 0.570. The van der Waals surface area contributed by atoms with Gasteiger partial charge in [-0.1, -0.05) is 18.2 Å². The second-order valence-corrected chi connectivity index (χ2v) is 7.56. The van der Waals surface area contributed by atoms with E-state index in [-0.39, 0.29) is 10.6 Å². The molecule has 7 nitrogen and oxygen atoms in total. The monoisotopic (exact) mass is 395 g/mol. The van der Waals surface area contributed by atoms with Crippen molar-refractivity contribution in [3.05, 3.63) is 90.6 Å². The summed E-state index contributed by atoms with van der Waals surface area (Å²) < 4.78 is 27.7. The van der Waals surface area contributed by atoms with Gasteiger partial charge < -0.3 is 9.90 Å². The third-order valence-corrected chi connectivity index (χ3v) is 5.93. The lowest BCUT2D eigenvalue weighted by Gasteiger charge is -2.16. The molecule has 3 aromatic heterocycles. The van der Waals surface area contributed by atoms with Crippen molar-refractivity contribution in [2.75, 3.05) is 0 Å². The Bertz CT molecular complexity index is 1180. The van der Waals surface area contributed by atoms with E-state index in [0.717, 1.165) is 3.97 Å². The molecule has 1 N–H and O–H groups in total. The summed E-state index contributed by atoms with van der Waals surface area (Å²) in [7, 11) is -3.90. The van der Waals surface area contributed by atoms with E-state index < -0.39 is 16.1 Å². The fourth-order valence-electron chi connectivity index (χ4n) is 2.92. The number of carbonyl (C=O) groups is 1. The van der Waals surface area contributed by atoms with Crippen LogP contribution in [0.15, 0.2) is 84.3 Å². The summed E-state index contributed by atoms with van der Waals surface area (Å²) in [5.74, 6) is 0. The van der Waals surface area contributed by atoms with Gasteiger partial charge in [0.05, 0.1) is 22.3 Å². The summed E-state index contributed by atoms with van der Waals surface area (Å²) >= 11 is 0. The molecule has 0 amide bonds. The molecule has 4 aromatic rings. The van der Waals surface area contributed by atoms with Gasteiger partial charge in [0.2, 0.25) is 0 Å². The molecule has 142 valence electrons. The van der Waals surface area contributed by atoms with Gasteiger partial charge in [-0.3, -0.25) is 9.97 Å². The van der Waals surface area contributed by atoms with E-state index in [0.29, 0.717) is 16.5 Å². The Labute approximate surface area is 162 Å². The lowest BCUT2D eigenvalue weighted by atomic mass is 10.1. The second kappa shape index (κ2) is 8.12. The number of nitrogens with zero attached hydrogens (tertiary/aromatic N) is 3. The molecule has 0 bridgehead atoms. The topological polar surface area (TPSA) is 102 Å². The van der Waals surface area contributed by atoms with Crippen molar-refractivity contribution in [1.82, 2.24) is 13.9 Å². The number of hydrogen-bond acceptors (Lipinski definition) is 6. The van der Waals surface area contributed by atoms with E-state index in [9.17, 15) is 13.5 Å². The van der Waals surface area contributed by atoms with Crippen molar-refractivity contribution in [1.29, 1.82) is 0 Å². The van der Waals surface area contributed by atoms with E-state index >= 15 is 0 Å². The molecule has 1 atom stereocenters. The van der Waals surface area contributed by atoms with Gasteiger partial charge in [0, 0.05) is 24.0 Å². The average molecular weight is 395 g/mol. The first kappa shape index (κ1) is 19.4. The highest BCUT2D eigenvalue weighted by Gasteiger charge is 2.27. The van der Waals surface area contributed by atoms with E-state index in [4.69, 9.17) is 4.79 Å². The number of fused-ring (bicyclic) bond motifs is 1. The first-order valence-corrected chi connectivity index (χ1v) is 9.66. The minimum absolute atomic E-state index is 0.143. The Balaban J connectivity index is 0.00000109. The highest BCUT2D eigenvalue weighted by Crippen LogP contribution is 2.31. The number of pyridine rings is 2. The highest BCUT2D eigenvalue weighted by molar-refractivity contribution is 7.90. The molecule has 0 radical (unpaired) electrons. The van der Waals surface area contributed by atoms with Crippen molar-refractivity contribution >= 4 is 27.7 Å².